The van der Waals surface area contributed by atoms with Crippen LogP contribution in [0, 0.1) is 0 Å². The van der Waals surface area contributed by atoms with Crippen molar-refractivity contribution < 1.29 is 4.79 Å². The minimum Gasteiger partial charge on any atom is -0.359 e. The molecular weight excluding hydrogens is 404 g/mol. The average Bonchev–Trinajstić information content (AvgIpc) is 3.24. The molecule has 3 heterocycles. The highest BCUT2D eigenvalue weighted by Gasteiger charge is 2.29. The number of carbonyl (C=O) groups is 1. The number of nitrogens with zero attached hydrogens (tertiary/aromatic N) is 4. The maximum Gasteiger partial charge on any atom is 0.265 e. The van der Waals surface area contributed by atoms with Crippen LogP contribution in [0.3, 0.4) is 0 Å². The monoisotopic (exact) mass is 428 g/mol. The van der Waals surface area contributed by atoms with Crippen LogP contribution in [0.4, 0.5) is 5.69 Å². The summed E-state index contributed by atoms with van der Waals surface area (Å²) >= 11 is 0. The lowest BCUT2D eigenvalue weighted by Crippen LogP contribution is -2.37. The SMILES string of the molecule is CCC(c1nc2[nH]ncc2c(=O)n1Cc1ccccc1)N1CCNC(=O)c2ccccc21. The van der Waals surface area contributed by atoms with E-state index in [0.29, 0.717) is 48.5 Å². The van der Waals surface area contributed by atoms with E-state index in [1.54, 1.807) is 4.57 Å². The number of nitrogens with one attached hydrogen (secondary N) is 2. The molecule has 1 aliphatic rings. The number of H-pyrrole nitrogens is 1. The van der Waals surface area contributed by atoms with Crippen LogP contribution in [-0.2, 0) is 6.54 Å². The fraction of sp³-hybridized carbons (Fsp3) is 0.250. The van der Waals surface area contributed by atoms with E-state index < -0.39 is 0 Å². The first kappa shape index (κ1) is 20.0. The first-order valence-corrected chi connectivity index (χ1v) is 10.8. The van der Waals surface area contributed by atoms with Gasteiger partial charge in [0.05, 0.1) is 30.0 Å². The quantitative estimate of drug-likeness (QED) is 0.510. The number of amides is 1. The first-order chi connectivity index (χ1) is 15.7. The molecule has 162 valence electrons. The average molecular weight is 428 g/mol. The number of hydrogen-bond donors (Lipinski definition) is 2. The molecule has 2 aromatic carbocycles. The number of para-hydroxylation sites is 1. The van der Waals surface area contributed by atoms with Crippen LogP contribution in [0.1, 0.15) is 41.1 Å². The molecule has 32 heavy (non-hydrogen) atoms. The molecule has 4 aromatic rings. The van der Waals surface area contributed by atoms with Gasteiger partial charge in [-0.15, -0.1) is 0 Å². The summed E-state index contributed by atoms with van der Waals surface area (Å²) in [4.78, 5) is 33.1. The van der Waals surface area contributed by atoms with E-state index in [0.717, 1.165) is 11.3 Å². The normalized spacial score (nSPS) is 14.7. The van der Waals surface area contributed by atoms with E-state index in [4.69, 9.17) is 4.98 Å². The van der Waals surface area contributed by atoms with Crippen molar-refractivity contribution >= 4 is 22.6 Å². The Bertz CT molecular complexity index is 1330. The zero-order valence-corrected chi connectivity index (χ0v) is 17.8. The van der Waals surface area contributed by atoms with Crippen molar-refractivity contribution in [2.45, 2.75) is 25.9 Å². The Hall–Kier alpha value is -3.94. The Balaban J connectivity index is 1.68. The lowest BCUT2D eigenvalue weighted by atomic mass is 10.1. The number of anilines is 1. The molecule has 2 aromatic heterocycles. The number of aromatic nitrogens is 4. The van der Waals surface area contributed by atoms with Crippen LogP contribution in [0.15, 0.2) is 65.6 Å². The standard InChI is InChI=1S/C24H24N6O2/c1-2-19(29-13-12-25-23(31)17-10-6-7-11-20(17)29)22-27-21-18(14-26-28-21)24(32)30(22)15-16-8-4-3-5-9-16/h3-11,14,19H,2,12-13,15H2,1H3,(H,25,31)(H,26,28). The summed E-state index contributed by atoms with van der Waals surface area (Å²) in [5.74, 6) is 0.568. The molecule has 0 spiro atoms. The van der Waals surface area contributed by atoms with Gasteiger partial charge in [-0.1, -0.05) is 49.4 Å². The first-order valence-electron chi connectivity index (χ1n) is 10.8. The summed E-state index contributed by atoms with van der Waals surface area (Å²) in [5, 5.41) is 10.3. The van der Waals surface area contributed by atoms with Crippen molar-refractivity contribution in [2.75, 3.05) is 18.0 Å². The third-order valence-corrected chi connectivity index (χ3v) is 5.94. The highest BCUT2D eigenvalue weighted by atomic mass is 16.1. The van der Waals surface area contributed by atoms with E-state index >= 15 is 0 Å². The molecule has 0 aliphatic carbocycles. The smallest absolute Gasteiger partial charge is 0.265 e. The molecule has 5 rings (SSSR count). The molecule has 1 amide bonds. The molecule has 0 bridgehead atoms. The molecule has 1 aliphatic heterocycles. The highest BCUT2D eigenvalue weighted by Crippen LogP contribution is 2.32. The van der Waals surface area contributed by atoms with Gasteiger partial charge >= 0.3 is 0 Å². The molecule has 1 unspecified atom stereocenters. The number of aromatic amines is 1. The molecule has 0 saturated carbocycles. The second-order valence-electron chi connectivity index (χ2n) is 7.87. The molecule has 8 nitrogen and oxygen atoms in total. The minimum absolute atomic E-state index is 0.0865. The summed E-state index contributed by atoms with van der Waals surface area (Å²) < 4.78 is 1.74. The Labute approximate surface area is 184 Å². The van der Waals surface area contributed by atoms with Crippen LogP contribution in [0.5, 0.6) is 0 Å². The summed E-state index contributed by atoms with van der Waals surface area (Å²) in [7, 11) is 0. The Morgan fingerprint density at radius 1 is 1.06 bits per heavy atom. The van der Waals surface area contributed by atoms with Crippen molar-refractivity contribution in [2.24, 2.45) is 0 Å². The van der Waals surface area contributed by atoms with E-state index in [2.05, 4.69) is 27.3 Å². The molecular formula is C24H24N6O2. The third kappa shape index (κ3) is 3.43. The number of rotatable bonds is 5. The second-order valence-corrected chi connectivity index (χ2v) is 7.87. The number of carbonyl (C=O) groups excluding carboxylic acids is 1. The van der Waals surface area contributed by atoms with E-state index in [1.807, 2.05) is 54.6 Å². The maximum absolute atomic E-state index is 13.5. The fourth-order valence-electron chi connectivity index (χ4n) is 4.41. The van der Waals surface area contributed by atoms with Crippen LogP contribution in [0.25, 0.3) is 11.0 Å². The summed E-state index contributed by atoms with van der Waals surface area (Å²) in [6.45, 7) is 3.61. The number of benzene rings is 2. The number of hydrogen-bond acceptors (Lipinski definition) is 5. The highest BCUT2D eigenvalue weighted by molar-refractivity contribution is 6.00. The van der Waals surface area contributed by atoms with Crippen molar-refractivity contribution in [3.05, 3.63) is 88.1 Å². The van der Waals surface area contributed by atoms with E-state index in [1.165, 1.54) is 6.20 Å². The number of fused-ring (bicyclic) bond motifs is 2. The van der Waals surface area contributed by atoms with Crippen LogP contribution >= 0.6 is 0 Å². The second kappa shape index (κ2) is 8.30. The molecule has 1 atom stereocenters. The zero-order valence-electron chi connectivity index (χ0n) is 17.8. The van der Waals surface area contributed by atoms with Crippen molar-refractivity contribution in [1.82, 2.24) is 25.1 Å². The molecule has 0 saturated heterocycles. The van der Waals surface area contributed by atoms with Gasteiger partial charge in [0, 0.05) is 13.1 Å². The summed E-state index contributed by atoms with van der Waals surface area (Å²) in [5.41, 5.74) is 2.84. The third-order valence-electron chi connectivity index (χ3n) is 5.94. The molecule has 0 fully saturated rings. The fourth-order valence-corrected chi connectivity index (χ4v) is 4.41. The molecule has 0 radical (unpaired) electrons. The van der Waals surface area contributed by atoms with Gasteiger partial charge in [0.2, 0.25) is 0 Å². The van der Waals surface area contributed by atoms with Gasteiger partial charge in [-0.2, -0.15) is 5.10 Å². The van der Waals surface area contributed by atoms with Gasteiger partial charge in [-0.05, 0) is 24.1 Å². The van der Waals surface area contributed by atoms with Gasteiger partial charge in [0.25, 0.3) is 11.5 Å². The predicted octanol–water partition coefficient (Wildman–Crippen LogP) is 2.87. The van der Waals surface area contributed by atoms with E-state index in [9.17, 15) is 9.59 Å². The minimum atomic E-state index is -0.201. The largest absolute Gasteiger partial charge is 0.359 e. The molecule has 2 N–H and O–H groups in total. The molecule has 8 heteroatoms. The Kier molecular flexibility index (Phi) is 5.18. The van der Waals surface area contributed by atoms with Crippen LogP contribution < -0.4 is 15.8 Å². The van der Waals surface area contributed by atoms with Crippen molar-refractivity contribution in [3.63, 3.8) is 0 Å². The maximum atomic E-state index is 13.5. The van der Waals surface area contributed by atoms with Gasteiger partial charge in [-0.25, -0.2) is 4.98 Å². The lowest BCUT2D eigenvalue weighted by Gasteiger charge is -2.33. The van der Waals surface area contributed by atoms with Crippen LogP contribution in [-0.4, -0.2) is 38.7 Å². The van der Waals surface area contributed by atoms with Gasteiger partial charge in [0.15, 0.2) is 5.65 Å². The van der Waals surface area contributed by atoms with Crippen molar-refractivity contribution in [3.8, 4) is 0 Å². The Morgan fingerprint density at radius 2 is 1.84 bits per heavy atom. The Morgan fingerprint density at radius 3 is 2.66 bits per heavy atom. The topological polar surface area (TPSA) is 95.9 Å². The summed E-state index contributed by atoms with van der Waals surface area (Å²) in [6, 6.07) is 17.3. The summed E-state index contributed by atoms with van der Waals surface area (Å²) in [6.07, 6.45) is 2.24. The van der Waals surface area contributed by atoms with Gasteiger partial charge in [-0.3, -0.25) is 19.3 Å². The van der Waals surface area contributed by atoms with Gasteiger partial charge < -0.3 is 10.2 Å². The zero-order chi connectivity index (χ0) is 22.1. The van der Waals surface area contributed by atoms with E-state index in [-0.39, 0.29) is 17.5 Å². The lowest BCUT2D eigenvalue weighted by molar-refractivity contribution is 0.0958. The van der Waals surface area contributed by atoms with Crippen molar-refractivity contribution in [1.29, 1.82) is 0 Å². The van der Waals surface area contributed by atoms with Gasteiger partial charge in [0.1, 0.15) is 11.2 Å². The predicted molar refractivity (Wildman–Crippen MR) is 123 cm³/mol. The van der Waals surface area contributed by atoms with Crippen LogP contribution in [0.2, 0.25) is 0 Å².